The second-order valence-electron chi connectivity index (χ2n) is 8.82. The number of rotatable bonds is 8. The zero-order valence-corrected chi connectivity index (χ0v) is 20.0. The van der Waals surface area contributed by atoms with Gasteiger partial charge in [0.25, 0.3) is 0 Å². The van der Waals surface area contributed by atoms with Crippen LogP contribution in [0.5, 0.6) is 17.4 Å². The zero-order valence-electron chi connectivity index (χ0n) is 19.2. The number of pyridine rings is 1. The molecule has 1 aromatic heterocycles. The molecular weight excluding hydrogens is 466 g/mol. The molecule has 2 fully saturated rings. The second-order valence-corrected chi connectivity index (χ2v) is 9.22. The standard InChI is InChI=1S/C26H26ClN5O3/c27-21-7-6-20(14-23(21)31-26(33)29-19-4-5-19)35-25-8-3-17-13-18(16-28)24(15-22(17)30-25)34-12-11-32-9-1-2-10-32/h3,6-8,13-15,19H,1-2,4-5,9-12H2,(H2,29,31,33). The van der Waals surface area contributed by atoms with E-state index in [4.69, 9.17) is 21.1 Å². The van der Waals surface area contributed by atoms with E-state index in [1.807, 2.05) is 6.07 Å². The third-order valence-electron chi connectivity index (χ3n) is 6.07. The normalized spacial score (nSPS) is 15.5. The highest BCUT2D eigenvalue weighted by Gasteiger charge is 2.23. The van der Waals surface area contributed by atoms with E-state index in [0.29, 0.717) is 45.8 Å². The molecule has 2 N–H and O–H groups in total. The van der Waals surface area contributed by atoms with Crippen LogP contribution in [0.1, 0.15) is 31.2 Å². The number of carbonyl (C=O) groups is 1. The number of fused-ring (bicyclic) bond motifs is 1. The molecule has 2 aromatic carbocycles. The third kappa shape index (κ3) is 5.94. The summed E-state index contributed by atoms with van der Waals surface area (Å²) in [5, 5.41) is 16.4. The maximum absolute atomic E-state index is 12.1. The van der Waals surface area contributed by atoms with Crippen molar-refractivity contribution in [2.24, 2.45) is 0 Å². The maximum atomic E-state index is 12.1. The Morgan fingerprint density at radius 3 is 2.77 bits per heavy atom. The first-order valence-corrected chi connectivity index (χ1v) is 12.2. The van der Waals surface area contributed by atoms with Gasteiger partial charge in [-0.15, -0.1) is 0 Å². The van der Waals surface area contributed by atoms with Crippen LogP contribution in [0, 0.1) is 11.3 Å². The summed E-state index contributed by atoms with van der Waals surface area (Å²) >= 11 is 6.25. The summed E-state index contributed by atoms with van der Waals surface area (Å²) in [6.07, 6.45) is 4.45. The fourth-order valence-corrected chi connectivity index (χ4v) is 4.21. The Hall–Kier alpha value is -3.54. The Morgan fingerprint density at radius 1 is 1.17 bits per heavy atom. The van der Waals surface area contributed by atoms with Crippen LogP contribution < -0.4 is 20.1 Å². The average Bonchev–Trinajstić information content (AvgIpc) is 3.50. The summed E-state index contributed by atoms with van der Waals surface area (Å²) in [4.78, 5) is 19.1. The number of hydrogen-bond acceptors (Lipinski definition) is 6. The van der Waals surface area contributed by atoms with Gasteiger partial charge in [-0.2, -0.15) is 5.26 Å². The summed E-state index contributed by atoms with van der Waals surface area (Å²) in [5.74, 6) is 1.38. The third-order valence-corrected chi connectivity index (χ3v) is 6.40. The largest absolute Gasteiger partial charge is 0.491 e. The van der Waals surface area contributed by atoms with Crippen molar-refractivity contribution in [1.29, 1.82) is 5.26 Å². The predicted molar refractivity (Wildman–Crippen MR) is 134 cm³/mol. The highest BCUT2D eigenvalue weighted by atomic mass is 35.5. The molecule has 0 spiro atoms. The van der Waals surface area contributed by atoms with Crippen molar-refractivity contribution >= 4 is 34.2 Å². The van der Waals surface area contributed by atoms with Crippen LogP contribution in [0.25, 0.3) is 10.9 Å². The molecule has 8 nitrogen and oxygen atoms in total. The molecule has 0 atom stereocenters. The number of nitrogens with zero attached hydrogens (tertiary/aromatic N) is 3. The molecule has 3 aromatic rings. The number of amides is 2. The number of likely N-dealkylation sites (tertiary alicyclic amines) is 1. The monoisotopic (exact) mass is 491 g/mol. The van der Waals surface area contributed by atoms with Crippen LogP contribution in [0.3, 0.4) is 0 Å². The molecule has 1 saturated heterocycles. The summed E-state index contributed by atoms with van der Waals surface area (Å²) in [6.45, 7) is 3.56. The van der Waals surface area contributed by atoms with Gasteiger partial charge < -0.3 is 20.1 Å². The molecule has 2 heterocycles. The van der Waals surface area contributed by atoms with E-state index in [2.05, 4.69) is 26.6 Å². The van der Waals surface area contributed by atoms with Gasteiger partial charge in [0.2, 0.25) is 5.88 Å². The number of anilines is 1. The maximum Gasteiger partial charge on any atom is 0.319 e. The zero-order chi connectivity index (χ0) is 24.2. The molecular formula is C26H26ClN5O3. The van der Waals surface area contributed by atoms with Gasteiger partial charge in [-0.05, 0) is 63.0 Å². The molecule has 2 amide bonds. The lowest BCUT2D eigenvalue weighted by Crippen LogP contribution is -2.30. The van der Waals surface area contributed by atoms with Gasteiger partial charge in [-0.3, -0.25) is 4.90 Å². The van der Waals surface area contributed by atoms with Gasteiger partial charge >= 0.3 is 6.03 Å². The lowest BCUT2D eigenvalue weighted by molar-refractivity contribution is 0.237. The second kappa shape index (κ2) is 10.4. The molecule has 1 aliphatic carbocycles. The molecule has 9 heteroatoms. The summed E-state index contributed by atoms with van der Waals surface area (Å²) in [5.41, 5.74) is 1.59. The Kier molecular flexibility index (Phi) is 6.89. The van der Waals surface area contributed by atoms with Gasteiger partial charge in [0.05, 0.1) is 21.8 Å². The van der Waals surface area contributed by atoms with Crippen molar-refractivity contribution in [3.8, 4) is 23.4 Å². The van der Waals surface area contributed by atoms with Gasteiger partial charge in [-0.1, -0.05) is 11.6 Å². The van der Waals surface area contributed by atoms with E-state index in [-0.39, 0.29) is 12.1 Å². The first-order valence-electron chi connectivity index (χ1n) is 11.8. The van der Waals surface area contributed by atoms with Crippen LogP contribution in [-0.4, -0.2) is 48.2 Å². The van der Waals surface area contributed by atoms with E-state index in [1.54, 1.807) is 36.4 Å². The Labute approximate surface area is 208 Å². The van der Waals surface area contributed by atoms with Crippen molar-refractivity contribution < 1.29 is 14.3 Å². The minimum atomic E-state index is -0.291. The predicted octanol–water partition coefficient (Wildman–Crippen LogP) is 5.31. The van der Waals surface area contributed by atoms with Crippen molar-refractivity contribution in [3.63, 3.8) is 0 Å². The van der Waals surface area contributed by atoms with Crippen LogP contribution in [-0.2, 0) is 0 Å². The Bertz CT molecular complexity index is 1280. The fraction of sp³-hybridized carbons (Fsp3) is 0.346. The van der Waals surface area contributed by atoms with Crippen molar-refractivity contribution in [2.75, 3.05) is 31.6 Å². The summed E-state index contributed by atoms with van der Waals surface area (Å²) in [6, 6.07) is 14.3. The molecule has 0 bridgehead atoms. The first-order chi connectivity index (χ1) is 17.1. The highest BCUT2D eigenvalue weighted by molar-refractivity contribution is 6.33. The lowest BCUT2D eigenvalue weighted by Gasteiger charge is -2.16. The molecule has 0 unspecified atom stereocenters. The number of ether oxygens (including phenoxy) is 2. The van der Waals surface area contributed by atoms with Gasteiger partial charge in [0.1, 0.15) is 24.2 Å². The average molecular weight is 492 g/mol. The lowest BCUT2D eigenvalue weighted by atomic mass is 10.1. The number of urea groups is 1. The van der Waals surface area contributed by atoms with E-state index in [9.17, 15) is 10.1 Å². The molecule has 0 radical (unpaired) electrons. The SMILES string of the molecule is N#Cc1cc2ccc(Oc3ccc(Cl)c(NC(=O)NC4CC4)c3)nc2cc1OCCN1CCCC1. The van der Waals surface area contributed by atoms with Crippen molar-refractivity contribution in [2.45, 2.75) is 31.7 Å². The Morgan fingerprint density at radius 2 is 2.00 bits per heavy atom. The van der Waals surface area contributed by atoms with E-state index in [0.717, 1.165) is 37.9 Å². The number of aromatic nitrogens is 1. The quantitative estimate of drug-likeness (QED) is 0.443. The summed E-state index contributed by atoms with van der Waals surface area (Å²) < 4.78 is 11.9. The van der Waals surface area contributed by atoms with Crippen LogP contribution >= 0.6 is 11.6 Å². The fourth-order valence-electron chi connectivity index (χ4n) is 4.04. The van der Waals surface area contributed by atoms with E-state index < -0.39 is 0 Å². The molecule has 2 aliphatic rings. The van der Waals surface area contributed by atoms with E-state index in [1.165, 1.54) is 12.8 Å². The van der Waals surface area contributed by atoms with Crippen LogP contribution in [0.15, 0.2) is 42.5 Å². The summed E-state index contributed by atoms with van der Waals surface area (Å²) in [7, 11) is 0. The number of carbonyl (C=O) groups excluding carboxylic acids is 1. The topological polar surface area (TPSA) is 99.5 Å². The first kappa shape index (κ1) is 23.2. The Balaban J connectivity index is 1.30. The number of halogens is 1. The molecule has 35 heavy (non-hydrogen) atoms. The minimum absolute atomic E-state index is 0.241. The van der Waals surface area contributed by atoms with Crippen LogP contribution in [0.2, 0.25) is 5.02 Å². The minimum Gasteiger partial charge on any atom is -0.491 e. The smallest absolute Gasteiger partial charge is 0.319 e. The van der Waals surface area contributed by atoms with Gasteiger partial charge in [0, 0.05) is 36.2 Å². The van der Waals surface area contributed by atoms with Crippen molar-refractivity contribution in [1.82, 2.24) is 15.2 Å². The van der Waals surface area contributed by atoms with Crippen LogP contribution in [0.4, 0.5) is 10.5 Å². The number of benzene rings is 2. The van der Waals surface area contributed by atoms with Gasteiger partial charge in [0.15, 0.2) is 0 Å². The number of hydrogen-bond donors (Lipinski definition) is 2. The molecule has 5 rings (SSSR count). The van der Waals surface area contributed by atoms with Crippen molar-refractivity contribution in [3.05, 3.63) is 53.1 Å². The number of nitriles is 1. The number of nitrogens with one attached hydrogen (secondary N) is 2. The highest BCUT2D eigenvalue weighted by Crippen LogP contribution is 2.31. The molecule has 1 aliphatic heterocycles. The van der Waals surface area contributed by atoms with E-state index >= 15 is 0 Å². The molecule has 180 valence electrons. The van der Waals surface area contributed by atoms with Gasteiger partial charge in [-0.25, -0.2) is 9.78 Å². The molecule has 1 saturated carbocycles.